The normalized spacial score (nSPS) is 12.0. The van der Waals surface area contributed by atoms with Crippen LogP contribution in [0.5, 0.6) is 5.75 Å². The minimum Gasteiger partial charge on any atom is -0.496 e. The largest absolute Gasteiger partial charge is 0.496 e. The molecular formula is C25H28ClNO4. The highest BCUT2D eigenvalue weighted by atomic mass is 35.5. The van der Waals surface area contributed by atoms with Crippen molar-refractivity contribution in [3.8, 4) is 5.75 Å². The van der Waals surface area contributed by atoms with E-state index in [1.165, 1.54) is 12.7 Å². The predicted octanol–water partition coefficient (Wildman–Crippen LogP) is 5.38. The zero-order valence-corrected chi connectivity index (χ0v) is 19.2. The van der Waals surface area contributed by atoms with E-state index >= 15 is 0 Å². The van der Waals surface area contributed by atoms with Crippen molar-refractivity contribution in [2.75, 3.05) is 14.2 Å². The zero-order valence-electron chi connectivity index (χ0n) is 18.4. The van der Waals surface area contributed by atoms with Crippen LogP contribution < -0.4 is 4.74 Å². The van der Waals surface area contributed by atoms with E-state index in [-0.39, 0.29) is 11.2 Å². The maximum atomic E-state index is 11.9. The number of hydrogen-bond acceptors (Lipinski definition) is 4. The van der Waals surface area contributed by atoms with Gasteiger partial charge < -0.3 is 14.0 Å². The first-order valence-corrected chi connectivity index (χ1v) is 10.8. The minimum absolute atomic E-state index is 0.230. The van der Waals surface area contributed by atoms with Crippen LogP contribution in [-0.4, -0.2) is 30.0 Å². The van der Waals surface area contributed by atoms with Crippen molar-refractivity contribution < 1.29 is 19.1 Å². The molecule has 164 valence electrons. The molecule has 0 fully saturated rings. The molecule has 0 saturated heterocycles. The topological polar surface area (TPSA) is 57.5 Å². The summed E-state index contributed by atoms with van der Waals surface area (Å²) in [4.78, 5) is 23.4. The van der Waals surface area contributed by atoms with Crippen molar-refractivity contribution in [2.24, 2.45) is 5.92 Å². The molecule has 1 aromatic heterocycles. The molecule has 0 radical (unpaired) electrons. The first-order valence-electron chi connectivity index (χ1n) is 10.4. The first kappa shape index (κ1) is 22.9. The molecular weight excluding hydrogens is 414 g/mol. The lowest BCUT2D eigenvalue weighted by molar-refractivity contribution is -0.114. The smallest absolute Gasteiger partial charge is 0.337 e. The van der Waals surface area contributed by atoms with Gasteiger partial charge in [-0.25, -0.2) is 4.79 Å². The average Bonchev–Trinajstić information content (AvgIpc) is 3.10. The quantitative estimate of drug-likeness (QED) is 0.330. The van der Waals surface area contributed by atoms with Crippen molar-refractivity contribution >= 4 is 33.7 Å². The summed E-state index contributed by atoms with van der Waals surface area (Å²) in [5, 5.41) is 0.832. The summed E-state index contributed by atoms with van der Waals surface area (Å²) in [6, 6.07) is 11.7. The lowest BCUT2D eigenvalue weighted by Crippen LogP contribution is -2.07. The number of halogens is 1. The fraction of sp³-hybridized carbons (Fsp3) is 0.360. The summed E-state index contributed by atoms with van der Waals surface area (Å²) >= 11 is 5.67. The van der Waals surface area contributed by atoms with Crippen LogP contribution in [0.2, 0.25) is 0 Å². The summed E-state index contributed by atoms with van der Waals surface area (Å²) in [6.45, 7) is 4.92. The third-order valence-corrected chi connectivity index (χ3v) is 5.88. The highest BCUT2D eigenvalue weighted by molar-refractivity contribution is 6.63. The first-order chi connectivity index (χ1) is 14.9. The number of carbonyl (C=O) groups is 2. The van der Waals surface area contributed by atoms with Crippen LogP contribution in [-0.2, 0) is 28.9 Å². The molecule has 0 spiro atoms. The molecule has 0 aliphatic heterocycles. The van der Waals surface area contributed by atoms with E-state index in [0.29, 0.717) is 24.2 Å². The molecule has 31 heavy (non-hydrogen) atoms. The Morgan fingerprint density at radius 3 is 2.52 bits per heavy atom. The molecule has 6 heteroatoms. The number of methoxy groups -OCH3 is 2. The molecule has 0 aliphatic rings. The number of hydrogen-bond donors (Lipinski definition) is 0. The standard InChI is InChI=1S/C25H28ClNO4/c1-5-10-27-15-20(13-18-7-8-19(25(29)31-4)14-23(18)30-3)21-12-17(6-9-22(21)27)11-16(2)24(26)28/h6-9,12,14-16H,5,10-11,13H2,1-4H3. The molecule has 3 rings (SSSR count). The summed E-state index contributed by atoms with van der Waals surface area (Å²) in [6.07, 6.45) is 4.47. The van der Waals surface area contributed by atoms with E-state index in [9.17, 15) is 9.59 Å². The molecule has 1 atom stereocenters. The van der Waals surface area contributed by atoms with Crippen molar-refractivity contribution in [2.45, 2.75) is 39.7 Å². The Labute approximate surface area is 187 Å². The van der Waals surface area contributed by atoms with Gasteiger partial charge in [0, 0.05) is 36.0 Å². The van der Waals surface area contributed by atoms with Crippen LogP contribution >= 0.6 is 11.6 Å². The van der Waals surface area contributed by atoms with Gasteiger partial charge in [0.05, 0.1) is 19.8 Å². The van der Waals surface area contributed by atoms with Crippen LogP contribution in [0.25, 0.3) is 10.9 Å². The van der Waals surface area contributed by atoms with E-state index < -0.39 is 5.97 Å². The minimum atomic E-state index is -0.392. The molecule has 0 N–H and O–H groups in total. The van der Waals surface area contributed by atoms with E-state index in [2.05, 4.69) is 35.9 Å². The van der Waals surface area contributed by atoms with Gasteiger partial charge >= 0.3 is 5.97 Å². The molecule has 1 heterocycles. The van der Waals surface area contributed by atoms with Gasteiger partial charge in [0.2, 0.25) is 5.24 Å². The second-order valence-corrected chi connectivity index (χ2v) is 8.18. The Balaban J connectivity index is 2.02. The van der Waals surface area contributed by atoms with Crippen molar-refractivity contribution in [3.63, 3.8) is 0 Å². The Kier molecular flexibility index (Phi) is 7.39. The predicted molar refractivity (Wildman–Crippen MR) is 123 cm³/mol. The highest BCUT2D eigenvalue weighted by Crippen LogP contribution is 2.30. The van der Waals surface area contributed by atoms with Crippen LogP contribution in [0.1, 0.15) is 47.3 Å². The number of carbonyl (C=O) groups excluding carboxylic acids is 2. The molecule has 3 aromatic rings. The highest BCUT2D eigenvalue weighted by Gasteiger charge is 2.16. The van der Waals surface area contributed by atoms with Gasteiger partial charge in [-0.05, 0) is 65.4 Å². The molecule has 1 unspecified atom stereocenters. The van der Waals surface area contributed by atoms with Gasteiger partial charge in [-0.1, -0.05) is 26.0 Å². The summed E-state index contributed by atoms with van der Waals surface area (Å²) in [5.41, 5.74) is 4.85. The van der Waals surface area contributed by atoms with Crippen LogP contribution in [0.3, 0.4) is 0 Å². The maximum Gasteiger partial charge on any atom is 0.337 e. The van der Waals surface area contributed by atoms with E-state index in [4.69, 9.17) is 21.1 Å². The SMILES string of the molecule is CCCn1cc(Cc2ccc(C(=O)OC)cc2OC)c2cc(CC(C)C(=O)Cl)ccc21. The van der Waals surface area contributed by atoms with Gasteiger partial charge in [-0.15, -0.1) is 0 Å². The van der Waals surface area contributed by atoms with E-state index in [1.54, 1.807) is 19.2 Å². The Bertz CT molecular complexity index is 1100. The van der Waals surface area contributed by atoms with Gasteiger partial charge in [-0.2, -0.15) is 0 Å². The summed E-state index contributed by atoms with van der Waals surface area (Å²) in [7, 11) is 2.96. The third kappa shape index (κ3) is 5.10. The summed E-state index contributed by atoms with van der Waals surface area (Å²) < 4.78 is 12.6. The van der Waals surface area contributed by atoms with Crippen LogP contribution in [0, 0.1) is 5.92 Å². The second-order valence-electron chi connectivity index (χ2n) is 7.80. The van der Waals surface area contributed by atoms with E-state index in [0.717, 1.165) is 35.0 Å². The lowest BCUT2D eigenvalue weighted by atomic mass is 9.98. The monoisotopic (exact) mass is 441 g/mol. The van der Waals surface area contributed by atoms with E-state index in [1.807, 2.05) is 13.0 Å². The Morgan fingerprint density at radius 1 is 1.10 bits per heavy atom. The number of fused-ring (bicyclic) bond motifs is 1. The van der Waals surface area contributed by atoms with Crippen molar-refractivity contribution in [1.29, 1.82) is 0 Å². The number of esters is 1. The average molecular weight is 442 g/mol. The van der Waals surface area contributed by atoms with Crippen molar-refractivity contribution in [3.05, 3.63) is 64.8 Å². The molecule has 0 aliphatic carbocycles. The van der Waals surface area contributed by atoms with Gasteiger partial charge in [0.15, 0.2) is 0 Å². The van der Waals surface area contributed by atoms with Crippen molar-refractivity contribution in [1.82, 2.24) is 4.57 Å². The number of nitrogens with zero attached hydrogens (tertiary/aromatic N) is 1. The molecule has 0 saturated carbocycles. The molecule has 5 nitrogen and oxygen atoms in total. The molecule has 0 amide bonds. The number of aromatic nitrogens is 1. The number of aryl methyl sites for hydroxylation is 1. The molecule has 0 bridgehead atoms. The number of rotatable bonds is 9. The maximum absolute atomic E-state index is 11.9. The zero-order chi connectivity index (χ0) is 22.5. The van der Waals surface area contributed by atoms with Gasteiger partial charge in [-0.3, -0.25) is 4.79 Å². The fourth-order valence-electron chi connectivity index (χ4n) is 3.89. The number of benzene rings is 2. The summed E-state index contributed by atoms with van der Waals surface area (Å²) in [5.74, 6) is 0.0278. The Hall–Kier alpha value is -2.79. The van der Waals surface area contributed by atoms with Gasteiger partial charge in [0.25, 0.3) is 0 Å². The van der Waals surface area contributed by atoms with Gasteiger partial charge in [0.1, 0.15) is 5.75 Å². The van der Waals surface area contributed by atoms with Crippen LogP contribution in [0.4, 0.5) is 0 Å². The fourth-order valence-corrected chi connectivity index (χ4v) is 3.96. The van der Waals surface area contributed by atoms with Crippen LogP contribution in [0.15, 0.2) is 42.6 Å². The lowest BCUT2D eigenvalue weighted by Gasteiger charge is -2.10. The number of ether oxygens (including phenoxy) is 2. The second kappa shape index (κ2) is 10.0. The molecule has 2 aromatic carbocycles. The Morgan fingerprint density at radius 2 is 1.87 bits per heavy atom. The third-order valence-electron chi connectivity index (χ3n) is 5.51.